The molecule has 1 rings (SSSR count). The molecule has 0 aromatic heterocycles. The standard InChI is InChI=1S/C13H19N3O3/c1-3-4-8-14-10(2)13(17)15-11-6-5-7-12(9-11)16(18)19/h5-7,9-10,14H,3-4,8H2,1-2H3,(H,15,17). The van der Waals surface area contributed by atoms with Gasteiger partial charge in [-0.1, -0.05) is 19.4 Å². The molecular formula is C13H19N3O3. The van der Waals surface area contributed by atoms with Crippen molar-refractivity contribution >= 4 is 17.3 Å². The highest BCUT2D eigenvalue weighted by Gasteiger charge is 2.13. The van der Waals surface area contributed by atoms with Crippen molar-refractivity contribution in [1.82, 2.24) is 5.32 Å². The number of carbonyl (C=O) groups is 1. The number of hydrogen-bond donors (Lipinski definition) is 2. The van der Waals surface area contributed by atoms with Crippen molar-refractivity contribution in [3.63, 3.8) is 0 Å². The number of rotatable bonds is 7. The fourth-order valence-electron chi connectivity index (χ4n) is 1.54. The molecule has 0 radical (unpaired) electrons. The molecular weight excluding hydrogens is 246 g/mol. The Labute approximate surface area is 112 Å². The van der Waals surface area contributed by atoms with Gasteiger partial charge in [0.1, 0.15) is 0 Å². The molecule has 6 heteroatoms. The highest BCUT2D eigenvalue weighted by molar-refractivity contribution is 5.94. The summed E-state index contributed by atoms with van der Waals surface area (Å²) in [4.78, 5) is 22.0. The molecule has 2 N–H and O–H groups in total. The molecule has 0 saturated carbocycles. The van der Waals surface area contributed by atoms with Gasteiger partial charge in [-0.2, -0.15) is 0 Å². The number of benzene rings is 1. The zero-order chi connectivity index (χ0) is 14.3. The first-order valence-corrected chi connectivity index (χ1v) is 6.33. The molecule has 6 nitrogen and oxygen atoms in total. The van der Waals surface area contributed by atoms with Gasteiger partial charge in [-0.05, 0) is 26.0 Å². The molecule has 104 valence electrons. The second-order valence-corrected chi connectivity index (χ2v) is 4.33. The molecule has 0 saturated heterocycles. The Kier molecular flexibility index (Phi) is 5.95. The lowest BCUT2D eigenvalue weighted by atomic mass is 10.2. The number of nitro benzene ring substituents is 1. The van der Waals surface area contributed by atoms with E-state index in [0.29, 0.717) is 5.69 Å². The van der Waals surface area contributed by atoms with Crippen LogP contribution in [0.1, 0.15) is 26.7 Å². The van der Waals surface area contributed by atoms with E-state index in [1.807, 2.05) is 0 Å². The second kappa shape index (κ2) is 7.48. The van der Waals surface area contributed by atoms with Gasteiger partial charge < -0.3 is 10.6 Å². The third-order valence-corrected chi connectivity index (χ3v) is 2.70. The van der Waals surface area contributed by atoms with Crippen LogP contribution in [0.25, 0.3) is 0 Å². The minimum Gasteiger partial charge on any atom is -0.324 e. The van der Waals surface area contributed by atoms with Crippen molar-refractivity contribution in [1.29, 1.82) is 0 Å². The van der Waals surface area contributed by atoms with Crippen molar-refractivity contribution in [2.75, 3.05) is 11.9 Å². The van der Waals surface area contributed by atoms with Gasteiger partial charge in [-0.3, -0.25) is 14.9 Å². The van der Waals surface area contributed by atoms with E-state index in [2.05, 4.69) is 17.6 Å². The van der Waals surface area contributed by atoms with E-state index in [4.69, 9.17) is 0 Å². The lowest BCUT2D eigenvalue weighted by molar-refractivity contribution is -0.384. The number of hydrogen-bond acceptors (Lipinski definition) is 4. The number of unbranched alkanes of at least 4 members (excludes halogenated alkanes) is 1. The summed E-state index contributed by atoms with van der Waals surface area (Å²) in [6.45, 7) is 4.62. The van der Waals surface area contributed by atoms with Crippen LogP contribution in [-0.2, 0) is 4.79 Å². The first-order chi connectivity index (χ1) is 9.04. The summed E-state index contributed by atoms with van der Waals surface area (Å²) in [6, 6.07) is 5.58. The monoisotopic (exact) mass is 265 g/mol. The molecule has 0 aliphatic carbocycles. The third kappa shape index (κ3) is 5.05. The molecule has 0 aliphatic rings. The minimum atomic E-state index is -0.488. The van der Waals surface area contributed by atoms with Crippen molar-refractivity contribution in [3.05, 3.63) is 34.4 Å². The number of amides is 1. The van der Waals surface area contributed by atoms with Crippen molar-refractivity contribution < 1.29 is 9.72 Å². The quantitative estimate of drug-likeness (QED) is 0.450. The van der Waals surface area contributed by atoms with Crippen LogP contribution >= 0.6 is 0 Å². The maximum atomic E-state index is 11.8. The van der Waals surface area contributed by atoms with Crippen molar-refractivity contribution in [3.8, 4) is 0 Å². The minimum absolute atomic E-state index is 0.0376. The Balaban J connectivity index is 2.56. The number of nitrogens with one attached hydrogen (secondary N) is 2. The van der Waals surface area contributed by atoms with E-state index in [0.717, 1.165) is 19.4 Å². The van der Waals surface area contributed by atoms with Gasteiger partial charge in [-0.25, -0.2) is 0 Å². The van der Waals surface area contributed by atoms with Crippen molar-refractivity contribution in [2.45, 2.75) is 32.7 Å². The SMILES string of the molecule is CCCCNC(C)C(=O)Nc1cccc([N+](=O)[O-])c1. The summed E-state index contributed by atoms with van der Waals surface area (Å²) >= 11 is 0. The van der Waals surface area contributed by atoms with Gasteiger partial charge >= 0.3 is 0 Å². The van der Waals surface area contributed by atoms with Crippen LogP contribution in [0.15, 0.2) is 24.3 Å². The largest absolute Gasteiger partial charge is 0.324 e. The van der Waals surface area contributed by atoms with E-state index in [-0.39, 0.29) is 17.6 Å². The molecule has 1 aromatic carbocycles. The number of nitro groups is 1. The fourth-order valence-corrected chi connectivity index (χ4v) is 1.54. The fraction of sp³-hybridized carbons (Fsp3) is 0.462. The summed E-state index contributed by atoms with van der Waals surface area (Å²) in [5.41, 5.74) is 0.396. The molecule has 1 atom stereocenters. The summed E-state index contributed by atoms with van der Waals surface area (Å²) in [6.07, 6.45) is 2.07. The number of nitrogens with zero attached hydrogens (tertiary/aromatic N) is 1. The Hall–Kier alpha value is -1.95. The molecule has 0 heterocycles. The van der Waals surface area contributed by atoms with Gasteiger partial charge in [0.15, 0.2) is 0 Å². The van der Waals surface area contributed by atoms with Gasteiger partial charge in [0.2, 0.25) is 5.91 Å². The Morgan fingerprint density at radius 1 is 1.47 bits per heavy atom. The number of non-ortho nitro benzene ring substituents is 1. The first kappa shape index (κ1) is 15.1. The molecule has 0 fully saturated rings. The van der Waals surface area contributed by atoms with E-state index in [9.17, 15) is 14.9 Å². The second-order valence-electron chi connectivity index (χ2n) is 4.33. The summed E-state index contributed by atoms with van der Waals surface area (Å²) < 4.78 is 0. The zero-order valence-electron chi connectivity index (χ0n) is 11.2. The maximum absolute atomic E-state index is 11.8. The topological polar surface area (TPSA) is 84.3 Å². The molecule has 0 bridgehead atoms. The van der Waals surface area contributed by atoms with E-state index in [1.54, 1.807) is 19.1 Å². The molecule has 0 aliphatic heterocycles. The molecule has 19 heavy (non-hydrogen) atoms. The predicted molar refractivity (Wildman–Crippen MR) is 74.1 cm³/mol. The smallest absolute Gasteiger partial charge is 0.271 e. The molecule has 1 aromatic rings. The first-order valence-electron chi connectivity index (χ1n) is 6.33. The van der Waals surface area contributed by atoms with Crippen LogP contribution in [0.3, 0.4) is 0 Å². The van der Waals surface area contributed by atoms with E-state index < -0.39 is 4.92 Å². The Bertz CT molecular complexity index is 449. The van der Waals surface area contributed by atoms with Crippen LogP contribution in [0, 0.1) is 10.1 Å². The van der Waals surface area contributed by atoms with Crippen LogP contribution in [0.5, 0.6) is 0 Å². The zero-order valence-corrected chi connectivity index (χ0v) is 11.2. The van der Waals surface area contributed by atoms with Crippen LogP contribution in [0.4, 0.5) is 11.4 Å². The Morgan fingerprint density at radius 3 is 2.84 bits per heavy atom. The Morgan fingerprint density at radius 2 is 2.21 bits per heavy atom. The predicted octanol–water partition coefficient (Wildman–Crippen LogP) is 2.31. The summed E-state index contributed by atoms with van der Waals surface area (Å²) in [7, 11) is 0. The van der Waals surface area contributed by atoms with Crippen molar-refractivity contribution in [2.24, 2.45) is 0 Å². The third-order valence-electron chi connectivity index (χ3n) is 2.70. The lowest BCUT2D eigenvalue weighted by Gasteiger charge is -2.13. The van der Waals surface area contributed by atoms with Gasteiger partial charge in [0, 0.05) is 17.8 Å². The average molecular weight is 265 g/mol. The normalized spacial score (nSPS) is 11.9. The van der Waals surface area contributed by atoms with Crippen LogP contribution < -0.4 is 10.6 Å². The van der Waals surface area contributed by atoms with E-state index >= 15 is 0 Å². The molecule has 1 unspecified atom stereocenters. The molecule has 1 amide bonds. The highest BCUT2D eigenvalue weighted by atomic mass is 16.6. The number of anilines is 1. The van der Waals surface area contributed by atoms with Gasteiger partial charge in [0.05, 0.1) is 11.0 Å². The maximum Gasteiger partial charge on any atom is 0.271 e. The summed E-state index contributed by atoms with van der Waals surface area (Å²) in [5, 5.41) is 16.4. The number of carbonyl (C=O) groups excluding carboxylic acids is 1. The van der Waals surface area contributed by atoms with Gasteiger partial charge in [-0.15, -0.1) is 0 Å². The lowest BCUT2D eigenvalue weighted by Crippen LogP contribution is -2.38. The van der Waals surface area contributed by atoms with Crippen LogP contribution in [-0.4, -0.2) is 23.4 Å². The van der Waals surface area contributed by atoms with Gasteiger partial charge in [0.25, 0.3) is 5.69 Å². The molecule has 0 spiro atoms. The van der Waals surface area contributed by atoms with E-state index in [1.165, 1.54) is 12.1 Å². The summed E-state index contributed by atoms with van der Waals surface area (Å²) in [5.74, 6) is -0.198. The average Bonchev–Trinajstić information content (AvgIpc) is 2.39. The van der Waals surface area contributed by atoms with Crippen LogP contribution in [0.2, 0.25) is 0 Å². The highest BCUT2D eigenvalue weighted by Crippen LogP contribution is 2.17.